The number of rotatable bonds is 7. The van der Waals surface area contributed by atoms with Crippen molar-refractivity contribution in [3.8, 4) is 0 Å². The third kappa shape index (κ3) is 5.68. The van der Waals surface area contributed by atoms with Crippen LogP contribution in [0.2, 0.25) is 0 Å². The van der Waals surface area contributed by atoms with E-state index in [0.29, 0.717) is 35.4 Å². The molecule has 2 aromatic carbocycles. The maximum absolute atomic E-state index is 12.0. The Morgan fingerprint density at radius 2 is 1.72 bits per heavy atom. The number of anilines is 5. The average Bonchev–Trinajstić information content (AvgIpc) is 2.70. The SMILES string of the molecule is CC(C)COC(=O)c1ccc(Nc2ncnc(Nc3cccc(Br)c3)c2N)cc1. The number of carbonyl (C=O) groups is 1. The predicted molar refractivity (Wildman–Crippen MR) is 119 cm³/mol. The number of aromatic nitrogens is 2. The number of hydrogen-bond acceptors (Lipinski definition) is 7. The molecule has 0 saturated heterocycles. The first-order valence-corrected chi connectivity index (χ1v) is 9.89. The molecular weight excluding hydrogens is 434 g/mol. The van der Waals surface area contributed by atoms with E-state index >= 15 is 0 Å². The number of halogens is 1. The van der Waals surface area contributed by atoms with Crippen molar-refractivity contribution in [1.29, 1.82) is 0 Å². The van der Waals surface area contributed by atoms with Crippen LogP contribution in [-0.4, -0.2) is 22.5 Å². The van der Waals surface area contributed by atoms with E-state index in [1.807, 2.05) is 38.1 Å². The van der Waals surface area contributed by atoms with E-state index in [9.17, 15) is 4.79 Å². The smallest absolute Gasteiger partial charge is 0.338 e. The minimum atomic E-state index is -0.340. The molecule has 0 aliphatic carbocycles. The molecule has 150 valence electrons. The fourth-order valence-corrected chi connectivity index (χ4v) is 2.85. The highest BCUT2D eigenvalue weighted by atomic mass is 79.9. The van der Waals surface area contributed by atoms with Gasteiger partial charge in [0.05, 0.1) is 12.2 Å². The molecule has 0 radical (unpaired) electrons. The standard InChI is InChI=1S/C21H22BrN5O2/c1-13(2)11-29-21(28)14-6-8-16(9-7-14)26-19-18(23)20(25-12-24-19)27-17-5-3-4-15(22)10-17/h3-10,12-13H,11,23H2,1-2H3,(H2,24,25,26,27). The summed E-state index contributed by atoms with van der Waals surface area (Å²) in [5.74, 6) is 0.912. The lowest BCUT2D eigenvalue weighted by atomic mass is 10.2. The second-order valence-electron chi connectivity index (χ2n) is 6.81. The Bertz CT molecular complexity index is 993. The summed E-state index contributed by atoms with van der Waals surface area (Å²) in [6.07, 6.45) is 1.43. The highest BCUT2D eigenvalue weighted by molar-refractivity contribution is 9.10. The van der Waals surface area contributed by atoms with E-state index in [0.717, 1.165) is 15.8 Å². The maximum atomic E-state index is 12.0. The molecule has 0 spiro atoms. The van der Waals surface area contributed by atoms with E-state index in [1.54, 1.807) is 24.3 Å². The molecule has 0 bridgehead atoms. The summed E-state index contributed by atoms with van der Waals surface area (Å²) in [5.41, 5.74) is 8.69. The number of esters is 1. The van der Waals surface area contributed by atoms with Gasteiger partial charge in [-0.2, -0.15) is 0 Å². The van der Waals surface area contributed by atoms with Crippen molar-refractivity contribution in [3.63, 3.8) is 0 Å². The van der Waals surface area contributed by atoms with Gasteiger partial charge in [0.15, 0.2) is 11.6 Å². The molecule has 1 heterocycles. The van der Waals surface area contributed by atoms with E-state index in [1.165, 1.54) is 6.33 Å². The number of nitrogens with one attached hydrogen (secondary N) is 2. The third-order valence-corrected chi connectivity index (χ3v) is 4.40. The first-order valence-electron chi connectivity index (χ1n) is 9.09. The topological polar surface area (TPSA) is 102 Å². The molecule has 0 fully saturated rings. The molecule has 1 aromatic heterocycles. The molecule has 3 rings (SSSR count). The molecule has 3 aromatic rings. The Kier molecular flexibility index (Phi) is 6.66. The second kappa shape index (κ2) is 9.38. The van der Waals surface area contributed by atoms with Gasteiger partial charge in [-0.3, -0.25) is 0 Å². The number of nitrogens with zero attached hydrogens (tertiary/aromatic N) is 2. The first kappa shape index (κ1) is 20.6. The van der Waals surface area contributed by atoms with Gasteiger partial charge in [-0.25, -0.2) is 14.8 Å². The molecule has 0 amide bonds. The molecule has 8 heteroatoms. The summed E-state index contributed by atoms with van der Waals surface area (Å²) in [7, 11) is 0. The third-order valence-electron chi connectivity index (χ3n) is 3.90. The minimum Gasteiger partial charge on any atom is -0.462 e. The zero-order valence-corrected chi connectivity index (χ0v) is 17.7. The van der Waals surface area contributed by atoms with Crippen LogP contribution in [0.15, 0.2) is 59.3 Å². The summed E-state index contributed by atoms with van der Waals surface area (Å²) in [4.78, 5) is 20.4. The van der Waals surface area contributed by atoms with Crippen molar-refractivity contribution in [3.05, 3.63) is 64.9 Å². The van der Waals surface area contributed by atoms with Crippen LogP contribution in [0.1, 0.15) is 24.2 Å². The molecule has 29 heavy (non-hydrogen) atoms. The van der Waals surface area contributed by atoms with Gasteiger partial charge < -0.3 is 21.1 Å². The lowest BCUT2D eigenvalue weighted by Crippen LogP contribution is -2.10. The largest absolute Gasteiger partial charge is 0.462 e. The van der Waals surface area contributed by atoms with Crippen LogP contribution >= 0.6 is 15.9 Å². The molecule has 0 unspecified atom stereocenters. The van der Waals surface area contributed by atoms with Crippen LogP contribution in [0, 0.1) is 5.92 Å². The van der Waals surface area contributed by atoms with Gasteiger partial charge in [0.25, 0.3) is 0 Å². The number of nitrogens with two attached hydrogens (primary N) is 1. The Labute approximate surface area is 177 Å². The molecular formula is C21H22BrN5O2. The summed E-state index contributed by atoms with van der Waals surface area (Å²) in [6, 6.07) is 14.6. The Balaban J connectivity index is 1.71. The lowest BCUT2D eigenvalue weighted by Gasteiger charge is -2.13. The van der Waals surface area contributed by atoms with Gasteiger partial charge in [-0.1, -0.05) is 35.8 Å². The summed E-state index contributed by atoms with van der Waals surface area (Å²) in [6.45, 7) is 4.38. The number of benzene rings is 2. The molecule has 4 N–H and O–H groups in total. The van der Waals surface area contributed by atoms with Crippen LogP contribution in [-0.2, 0) is 4.74 Å². The summed E-state index contributed by atoms with van der Waals surface area (Å²) >= 11 is 3.44. The van der Waals surface area contributed by atoms with Crippen molar-refractivity contribution in [2.24, 2.45) is 5.92 Å². The van der Waals surface area contributed by atoms with Crippen molar-refractivity contribution < 1.29 is 9.53 Å². The lowest BCUT2D eigenvalue weighted by molar-refractivity contribution is 0.0459. The Morgan fingerprint density at radius 1 is 1.07 bits per heavy atom. The zero-order valence-electron chi connectivity index (χ0n) is 16.1. The van der Waals surface area contributed by atoms with Gasteiger partial charge >= 0.3 is 5.97 Å². The van der Waals surface area contributed by atoms with Crippen molar-refractivity contribution in [2.45, 2.75) is 13.8 Å². The fraction of sp³-hybridized carbons (Fsp3) is 0.190. The quantitative estimate of drug-likeness (QED) is 0.424. The van der Waals surface area contributed by atoms with Gasteiger partial charge in [-0.05, 0) is 48.4 Å². The minimum absolute atomic E-state index is 0.292. The van der Waals surface area contributed by atoms with E-state index < -0.39 is 0 Å². The molecule has 0 aliphatic rings. The average molecular weight is 456 g/mol. The number of ether oxygens (including phenoxy) is 1. The first-order chi connectivity index (χ1) is 13.9. The van der Waals surface area contributed by atoms with E-state index in [4.69, 9.17) is 10.5 Å². The number of carbonyl (C=O) groups excluding carboxylic acids is 1. The van der Waals surface area contributed by atoms with Crippen LogP contribution in [0.4, 0.5) is 28.7 Å². The predicted octanol–water partition coefficient (Wildman–Crippen LogP) is 5.12. The number of nitrogen functional groups attached to an aromatic ring is 1. The monoisotopic (exact) mass is 455 g/mol. The van der Waals surface area contributed by atoms with Crippen LogP contribution in [0.5, 0.6) is 0 Å². The zero-order chi connectivity index (χ0) is 20.8. The van der Waals surface area contributed by atoms with E-state index in [2.05, 4.69) is 36.5 Å². The molecule has 0 atom stereocenters. The van der Waals surface area contributed by atoms with Crippen molar-refractivity contribution in [1.82, 2.24) is 9.97 Å². The Hall–Kier alpha value is -3.13. The van der Waals surface area contributed by atoms with Crippen molar-refractivity contribution >= 4 is 50.6 Å². The highest BCUT2D eigenvalue weighted by Crippen LogP contribution is 2.29. The van der Waals surface area contributed by atoms with Gasteiger partial charge in [-0.15, -0.1) is 0 Å². The molecule has 0 aliphatic heterocycles. The second-order valence-corrected chi connectivity index (χ2v) is 7.73. The normalized spacial score (nSPS) is 10.6. The number of hydrogen-bond donors (Lipinski definition) is 3. The Morgan fingerprint density at radius 3 is 2.34 bits per heavy atom. The van der Waals surface area contributed by atoms with Gasteiger partial charge in [0.1, 0.15) is 12.0 Å². The maximum Gasteiger partial charge on any atom is 0.338 e. The van der Waals surface area contributed by atoms with E-state index in [-0.39, 0.29) is 5.97 Å². The van der Waals surface area contributed by atoms with Gasteiger partial charge in [0.2, 0.25) is 0 Å². The fourth-order valence-electron chi connectivity index (χ4n) is 2.45. The molecule has 7 nitrogen and oxygen atoms in total. The van der Waals surface area contributed by atoms with Crippen molar-refractivity contribution in [2.75, 3.05) is 23.0 Å². The van der Waals surface area contributed by atoms with Crippen LogP contribution in [0.3, 0.4) is 0 Å². The van der Waals surface area contributed by atoms with Crippen LogP contribution in [0.25, 0.3) is 0 Å². The van der Waals surface area contributed by atoms with Crippen LogP contribution < -0.4 is 16.4 Å². The summed E-state index contributed by atoms with van der Waals surface area (Å²) < 4.78 is 6.18. The molecule has 0 saturated carbocycles. The highest BCUT2D eigenvalue weighted by Gasteiger charge is 2.11. The van der Waals surface area contributed by atoms with Gasteiger partial charge in [0, 0.05) is 15.8 Å². The summed E-state index contributed by atoms with van der Waals surface area (Å²) in [5, 5.41) is 6.33.